The van der Waals surface area contributed by atoms with Crippen LogP contribution in [0.25, 0.3) is 0 Å². The van der Waals surface area contributed by atoms with Gasteiger partial charge in [0.05, 0.1) is 6.04 Å². The van der Waals surface area contributed by atoms with Gasteiger partial charge in [0, 0.05) is 16.6 Å². The Hall–Kier alpha value is -2.49. The highest BCUT2D eigenvalue weighted by Gasteiger charge is 2.31. The van der Waals surface area contributed by atoms with Gasteiger partial charge in [-0.25, -0.2) is 4.99 Å². The van der Waals surface area contributed by atoms with E-state index in [4.69, 9.17) is 28.2 Å². The first kappa shape index (κ1) is 17.9. The third-order valence-electron chi connectivity index (χ3n) is 4.62. The van der Waals surface area contributed by atoms with Gasteiger partial charge in [-0.2, -0.15) is 0 Å². The number of aliphatic imine (C=N–C) groups is 1. The predicted octanol–water partition coefficient (Wildman–Crippen LogP) is 5.52. The molecular formula is C22H19Cl2N3. The van der Waals surface area contributed by atoms with E-state index in [9.17, 15) is 0 Å². The summed E-state index contributed by atoms with van der Waals surface area (Å²) in [4.78, 5) is 4.90. The summed E-state index contributed by atoms with van der Waals surface area (Å²) in [6.07, 6.45) is 0. The van der Waals surface area contributed by atoms with Crippen molar-refractivity contribution in [3.63, 3.8) is 0 Å². The number of rotatable bonds is 4. The van der Waals surface area contributed by atoms with Crippen molar-refractivity contribution in [2.24, 2.45) is 4.99 Å². The number of benzene rings is 3. The Morgan fingerprint density at radius 1 is 0.778 bits per heavy atom. The Labute approximate surface area is 169 Å². The molecule has 0 fully saturated rings. The van der Waals surface area contributed by atoms with Crippen molar-refractivity contribution < 1.29 is 0 Å². The zero-order valence-electron chi connectivity index (χ0n) is 14.6. The average molecular weight is 396 g/mol. The van der Waals surface area contributed by atoms with Crippen LogP contribution in [0, 0.1) is 0 Å². The van der Waals surface area contributed by atoms with Gasteiger partial charge in [0.25, 0.3) is 0 Å². The molecule has 0 unspecified atom stereocenters. The van der Waals surface area contributed by atoms with E-state index in [-0.39, 0.29) is 12.1 Å². The minimum atomic E-state index is -0.0401. The lowest BCUT2D eigenvalue weighted by molar-refractivity contribution is 0.570. The fourth-order valence-electron chi connectivity index (χ4n) is 3.22. The molecule has 1 heterocycles. The summed E-state index contributed by atoms with van der Waals surface area (Å²) in [5.41, 5.74) is 3.46. The normalized spacial score (nSPS) is 18.7. The minimum Gasteiger partial charge on any atom is -0.352 e. The Morgan fingerprint density at radius 2 is 1.37 bits per heavy atom. The van der Waals surface area contributed by atoms with Crippen LogP contribution in [0.5, 0.6) is 0 Å². The van der Waals surface area contributed by atoms with E-state index in [1.165, 1.54) is 5.56 Å². The molecule has 2 atom stereocenters. The summed E-state index contributed by atoms with van der Waals surface area (Å²) in [6.45, 7) is 0.716. The molecule has 0 saturated heterocycles. The second-order valence-corrected chi connectivity index (χ2v) is 7.36. The van der Waals surface area contributed by atoms with Gasteiger partial charge in [-0.1, -0.05) is 77.8 Å². The van der Waals surface area contributed by atoms with Crippen molar-refractivity contribution in [3.05, 3.63) is 106 Å². The Bertz CT molecular complexity index is 922. The van der Waals surface area contributed by atoms with E-state index in [1.54, 1.807) is 0 Å². The molecule has 0 spiro atoms. The highest BCUT2D eigenvalue weighted by molar-refractivity contribution is 6.30. The fraction of sp³-hybridized carbons (Fsp3) is 0.136. The maximum Gasteiger partial charge on any atom is 0.192 e. The number of nitrogens with zero attached hydrogens (tertiary/aromatic N) is 1. The van der Waals surface area contributed by atoms with Crippen LogP contribution in [-0.2, 0) is 6.54 Å². The highest BCUT2D eigenvalue weighted by atomic mass is 35.5. The van der Waals surface area contributed by atoms with Gasteiger partial charge < -0.3 is 10.6 Å². The van der Waals surface area contributed by atoms with Crippen LogP contribution in [0.15, 0.2) is 83.9 Å². The largest absolute Gasteiger partial charge is 0.352 e. The summed E-state index contributed by atoms with van der Waals surface area (Å²) in [6, 6.07) is 26.0. The predicted molar refractivity (Wildman–Crippen MR) is 112 cm³/mol. The lowest BCUT2D eigenvalue weighted by atomic mass is 9.95. The molecule has 3 nitrogen and oxygen atoms in total. The van der Waals surface area contributed by atoms with E-state index < -0.39 is 0 Å². The molecule has 0 saturated carbocycles. The van der Waals surface area contributed by atoms with Gasteiger partial charge in [-0.15, -0.1) is 0 Å². The van der Waals surface area contributed by atoms with E-state index in [2.05, 4.69) is 22.8 Å². The first-order chi connectivity index (χ1) is 13.2. The standard InChI is InChI=1S/C22H19Cl2N3/c23-18-10-6-16(7-11-18)20-21(17-8-12-19(24)13-9-17)27-22(26-20)25-14-15-4-2-1-3-5-15/h1-13,20-21H,14H2,(H2,25,26,27)/t20-,21+. The van der Waals surface area contributed by atoms with Crippen molar-refractivity contribution in [1.82, 2.24) is 10.6 Å². The van der Waals surface area contributed by atoms with E-state index in [1.807, 2.05) is 66.7 Å². The smallest absolute Gasteiger partial charge is 0.192 e. The second-order valence-electron chi connectivity index (χ2n) is 6.49. The van der Waals surface area contributed by atoms with Crippen molar-refractivity contribution in [2.45, 2.75) is 18.6 Å². The maximum absolute atomic E-state index is 6.06. The summed E-state index contributed by atoms with van der Waals surface area (Å²) in [5.74, 6) is 0.791. The number of nitrogens with one attached hydrogen (secondary N) is 2. The fourth-order valence-corrected chi connectivity index (χ4v) is 3.47. The number of guanidine groups is 1. The first-order valence-corrected chi connectivity index (χ1v) is 9.58. The molecule has 0 bridgehead atoms. The molecule has 0 radical (unpaired) electrons. The molecular weight excluding hydrogens is 377 g/mol. The molecule has 5 heteroatoms. The molecule has 0 aliphatic carbocycles. The molecule has 3 aromatic rings. The van der Waals surface area contributed by atoms with Gasteiger partial charge in [0.1, 0.15) is 6.04 Å². The third kappa shape index (κ3) is 4.26. The van der Waals surface area contributed by atoms with Gasteiger partial charge in [0.15, 0.2) is 5.96 Å². The van der Waals surface area contributed by atoms with Gasteiger partial charge in [-0.3, -0.25) is 0 Å². The lowest BCUT2D eigenvalue weighted by Crippen LogP contribution is -2.35. The lowest BCUT2D eigenvalue weighted by Gasteiger charge is -2.19. The van der Waals surface area contributed by atoms with Crippen LogP contribution in [0.3, 0.4) is 0 Å². The van der Waals surface area contributed by atoms with Crippen LogP contribution in [0.2, 0.25) is 10.0 Å². The van der Waals surface area contributed by atoms with Gasteiger partial charge in [0.2, 0.25) is 0 Å². The molecule has 2 N–H and O–H groups in total. The molecule has 3 aromatic carbocycles. The van der Waals surface area contributed by atoms with Crippen LogP contribution < -0.4 is 10.6 Å². The molecule has 0 aromatic heterocycles. The third-order valence-corrected chi connectivity index (χ3v) is 5.12. The molecule has 27 heavy (non-hydrogen) atoms. The quantitative estimate of drug-likeness (QED) is 0.609. The molecule has 136 valence electrons. The SMILES string of the molecule is Clc1ccc([C@H]2NC(NCc3ccccc3)=N[C@H]2c2ccc(Cl)cc2)cc1. The number of hydrogen-bond donors (Lipinski definition) is 2. The van der Waals surface area contributed by atoms with Crippen molar-refractivity contribution in [2.75, 3.05) is 0 Å². The zero-order valence-corrected chi connectivity index (χ0v) is 16.1. The maximum atomic E-state index is 6.06. The van der Waals surface area contributed by atoms with Crippen molar-refractivity contribution in [1.29, 1.82) is 0 Å². The van der Waals surface area contributed by atoms with E-state index in [0.717, 1.165) is 27.1 Å². The Balaban J connectivity index is 1.58. The van der Waals surface area contributed by atoms with Crippen molar-refractivity contribution >= 4 is 29.2 Å². The highest BCUT2D eigenvalue weighted by Crippen LogP contribution is 2.36. The first-order valence-electron chi connectivity index (χ1n) is 8.82. The monoisotopic (exact) mass is 395 g/mol. The topological polar surface area (TPSA) is 36.4 Å². The number of hydrogen-bond acceptors (Lipinski definition) is 3. The summed E-state index contributed by atoms with van der Waals surface area (Å²) >= 11 is 12.1. The van der Waals surface area contributed by atoms with Crippen LogP contribution in [0.1, 0.15) is 28.8 Å². The van der Waals surface area contributed by atoms with Crippen LogP contribution in [-0.4, -0.2) is 5.96 Å². The molecule has 4 rings (SSSR count). The summed E-state index contributed by atoms with van der Waals surface area (Å²) in [5, 5.41) is 8.38. The minimum absolute atomic E-state index is 0.0294. The van der Waals surface area contributed by atoms with E-state index in [0.29, 0.717) is 6.54 Å². The zero-order chi connectivity index (χ0) is 18.6. The average Bonchev–Trinajstić information content (AvgIpc) is 3.13. The molecule has 1 aliphatic rings. The summed E-state index contributed by atoms with van der Waals surface area (Å²) < 4.78 is 0. The molecule has 1 aliphatic heterocycles. The van der Waals surface area contributed by atoms with Crippen LogP contribution >= 0.6 is 23.2 Å². The Kier molecular flexibility index (Phi) is 5.33. The number of halogens is 2. The van der Waals surface area contributed by atoms with Gasteiger partial charge >= 0.3 is 0 Å². The second kappa shape index (κ2) is 8.03. The molecule has 0 amide bonds. The van der Waals surface area contributed by atoms with Gasteiger partial charge in [-0.05, 0) is 41.0 Å². The van der Waals surface area contributed by atoms with Crippen molar-refractivity contribution in [3.8, 4) is 0 Å². The summed E-state index contributed by atoms with van der Waals surface area (Å²) in [7, 11) is 0. The van der Waals surface area contributed by atoms with E-state index >= 15 is 0 Å². The Morgan fingerprint density at radius 3 is 2.00 bits per heavy atom. The van der Waals surface area contributed by atoms with Crippen LogP contribution in [0.4, 0.5) is 0 Å².